The number of nitrogens with one attached hydrogen (secondary N) is 2. The third-order valence-electron chi connectivity index (χ3n) is 4.65. The second kappa shape index (κ2) is 8.89. The van der Waals surface area contributed by atoms with Crippen LogP contribution in [0.25, 0.3) is 0 Å². The van der Waals surface area contributed by atoms with Crippen LogP contribution >= 0.6 is 11.6 Å². The fourth-order valence-electron chi connectivity index (χ4n) is 3.24. The topological polar surface area (TPSA) is 78.5 Å². The molecule has 2 aromatic carbocycles. The summed E-state index contributed by atoms with van der Waals surface area (Å²) in [5, 5.41) is 5.89. The van der Waals surface area contributed by atoms with Crippen LogP contribution in [0.3, 0.4) is 0 Å². The second-order valence-corrected chi connectivity index (χ2v) is 7.14. The van der Waals surface area contributed by atoms with Crippen molar-refractivity contribution in [3.05, 3.63) is 58.6 Å². The zero-order valence-electron chi connectivity index (χ0n) is 15.6. The van der Waals surface area contributed by atoms with Gasteiger partial charge in [0.15, 0.2) is 0 Å². The van der Waals surface area contributed by atoms with E-state index in [1.165, 1.54) is 0 Å². The summed E-state index contributed by atoms with van der Waals surface area (Å²) in [6.45, 7) is 2.59. The number of hydrogen-bond acceptors (Lipinski definition) is 3. The van der Waals surface area contributed by atoms with Crippen LogP contribution in [0.5, 0.6) is 0 Å². The Kier molecular flexibility index (Phi) is 6.31. The highest BCUT2D eigenvalue weighted by Crippen LogP contribution is 2.29. The van der Waals surface area contributed by atoms with E-state index in [9.17, 15) is 14.4 Å². The Morgan fingerprint density at radius 2 is 1.82 bits per heavy atom. The highest BCUT2D eigenvalue weighted by Gasteiger charge is 2.21. The van der Waals surface area contributed by atoms with Crippen molar-refractivity contribution >= 4 is 40.7 Å². The third kappa shape index (κ3) is 4.89. The molecule has 0 aliphatic carbocycles. The number of carbonyl (C=O) groups excluding carboxylic acids is 3. The lowest BCUT2D eigenvalue weighted by Gasteiger charge is -2.28. The second-order valence-electron chi connectivity index (χ2n) is 6.70. The molecule has 2 aromatic rings. The molecule has 0 bridgehead atoms. The molecule has 3 amide bonds. The first-order chi connectivity index (χ1) is 13.4. The van der Waals surface area contributed by atoms with Gasteiger partial charge in [-0.15, -0.1) is 0 Å². The predicted octanol–water partition coefficient (Wildman–Crippen LogP) is 2.94. The van der Waals surface area contributed by atoms with Gasteiger partial charge in [-0.25, -0.2) is 0 Å². The highest BCUT2D eigenvalue weighted by atomic mass is 35.5. The minimum absolute atomic E-state index is 0.00204. The summed E-state index contributed by atoms with van der Waals surface area (Å²) in [5.74, 6) is -1.40. The van der Waals surface area contributed by atoms with Crippen molar-refractivity contribution in [1.82, 2.24) is 5.32 Å². The van der Waals surface area contributed by atoms with Crippen LogP contribution in [0.1, 0.15) is 24.5 Å². The van der Waals surface area contributed by atoms with E-state index in [2.05, 4.69) is 10.6 Å². The smallest absolute Gasteiger partial charge is 0.313 e. The molecule has 0 saturated carbocycles. The maximum atomic E-state index is 12.1. The molecular formula is C21H22ClN3O3. The first kappa shape index (κ1) is 19.9. The van der Waals surface area contributed by atoms with Crippen molar-refractivity contribution in [3.8, 4) is 0 Å². The van der Waals surface area contributed by atoms with Gasteiger partial charge < -0.3 is 15.5 Å². The molecule has 0 unspecified atom stereocenters. The summed E-state index contributed by atoms with van der Waals surface area (Å²) < 4.78 is 0. The molecule has 6 nitrogen and oxygen atoms in total. The number of halogens is 1. The number of rotatable bonds is 4. The van der Waals surface area contributed by atoms with E-state index >= 15 is 0 Å². The summed E-state index contributed by atoms with van der Waals surface area (Å²) in [5.41, 5.74) is 3.42. The number of fused-ring (bicyclic) bond motifs is 1. The largest absolute Gasteiger partial charge is 0.347 e. The molecule has 0 saturated heterocycles. The van der Waals surface area contributed by atoms with Gasteiger partial charge in [-0.3, -0.25) is 14.4 Å². The zero-order chi connectivity index (χ0) is 20.1. The van der Waals surface area contributed by atoms with Crippen LogP contribution < -0.4 is 15.5 Å². The Morgan fingerprint density at radius 1 is 1.07 bits per heavy atom. The van der Waals surface area contributed by atoms with E-state index in [1.54, 1.807) is 30.0 Å². The van der Waals surface area contributed by atoms with E-state index < -0.39 is 11.8 Å². The van der Waals surface area contributed by atoms with E-state index in [1.807, 2.05) is 24.3 Å². The number of benzene rings is 2. The van der Waals surface area contributed by atoms with Crippen molar-refractivity contribution in [2.75, 3.05) is 23.3 Å². The number of amides is 3. The molecular weight excluding hydrogens is 378 g/mol. The van der Waals surface area contributed by atoms with Gasteiger partial charge in [0.1, 0.15) is 0 Å². The Morgan fingerprint density at radius 3 is 2.54 bits per heavy atom. The molecule has 0 fully saturated rings. The molecule has 7 heteroatoms. The summed E-state index contributed by atoms with van der Waals surface area (Å²) in [6.07, 6.45) is 2.31. The molecule has 1 heterocycles. The van der Waals surface area contributed by atoms with Crippen molar-refractivity contribution in [3.63, 3.8) is 0 Å². The van der Waals surface area contributed by atoms with Crippen molar-refractivity contribution in [2.24, 2.45) is 0 Å². The fourth-order valence-corrected chi connectivity index (χ4v) is 3.37. The monoisotopic (exact) mass is 399 g/mol. The molecule has 0 spiro atoms. The summed E-state index contributed by atoms with van der Waals surface area (Å²) in [7, 11) is 0. The third-order valence-corrected chi connectivity index (χ3v) is 4.91. The van der Waals surface area contributed by atoms with Crippen LogP contribution in [0.15, 0.2) is 42.5 Å². The molecule has 2 N–H and O–H groups in total. The highest BCUT2D eigenvalue weighted by molar-refractivity contribution is 6.39. The lowest BCUT2D eigenvalue weighted by molar-refractivity contribution is -0.136. The molecule has 0 atom stereocenters. The maximum absolute atomic E-state index is 12.1. The van der Waals surface area contributed by atoms with Crippen LogP contribution in [0.4, 0.5) is 11.4 Å². The number of aryl methyl sites for hydroxylation is 1. The Balaban J connectivity index is 1.54. The number of anilines is 2. The predicted molar refractivity (Wildman–Crippen MR) is 110 cm³/mol. The Labute approximate surface area is 168 Å². The fraction of sp³-hybridized carbons (Fsp3) is 0.286. The van der Waals surface area contributed by atoms with E-state index in [0.717, 1.165) is 29.7 Å². The van der Waals surface area contributed by atoms with Gasteiger partial charge in [-0.05, 0) is 60.7 Å². The minimum atomic E-state index is -0.713. The quantitative estimate of drug-likeness (QED) is 0.776. The van der Waals surface area contributed by atoms with Crippen molar-refractivity contribution in [1.29, 1.82) is 0 Å². The van der Waals surface area contributed by atoms with Crippen LogP contribution in [-0.4, -0.2) is 30.8 Å². The van der Waals surface area contributed by atoms with Gasteiger partial charge in [0, 0.05) is 36.4 Å². The average Bonchev–Trinajstić information content (AvgIpc) is 2.68. The van der Waals surface area contributed by atoms with Gasteiger partial charge in [0.05, 0.1) is 0 Å². The first-order valence-electron chi connectivity index (χ1n) is 9.18. The van der Waals surface area contributed by atoms with Crippen molar-refractivity contribution in [2.45, 2.75) is 26.2 Å². The molecule has 28 heavy (non-hydrogen) atoms. The summed E-state index contributed by atoms with van der Waals surface area (Å²) in [4.78, 5) is 37.6. The summed E-state index contributed by atoms with van der Waals surface area (Å²) >= 11 is 5.84. The van der Waals surface area contributed by atoms with Gasteiger partial charge >= 0.3 is 11.8 Å². The normalized spacial score (nSPS) is 12.9. The van der Waals surface area contributed by atoms with Crippen molar-refractivity contribution < 1.29 is 14.4 Å². The Hall–Kier alpha value is -2.86. The molecule has 3 rings (SSSR count). The minimum Gasteiger partial charge on any atom is -0.347 e. The number of carbonyl (C=O) groups is 3. The van der Waals surface area contributed by atoms with Crippen LogP contribution in [0.2, 0.25) is 5.02 Å². The van der Waals surface area contributed by atoms with Crippen LogP contribution in [0, 0.1) is 0 Å². The van der Waals surface area contributed by atoms with Gasteiger partial charge in [-0.2, -0.15) is 0 Å². The molecule has 0 aromatic heterocycles. The van der Waals surface area contributed by atoms with Gasteiger partial charge in [-0.1, -0.05) is 23.7 Å². The molecule has 1 aliphatic heterocycles. The molecule has 0 radical (unpaired) electrons. The lowest BCUT2D eigenvalue weighted by atomic mass is 10.0. The Bertz CT molecular complexity index is 896. The van der Waals surface area contributed by atoms with Gasteiger partial charge in [0.2, 0.25) is 5.91 Å². The average molecular weight is 400 g/mol. The van der Waals surface area contributed by atoms with Crippen LogP contribution in [-0.2, 0) is 27.2 Å². The summed E-state index contributed by atoms with van der Waals surface area (Å²) in [6, 6.07) is 12.7. The number of nitrogens with zero attached hydrogens (tertiary/aromatic N) is 1. The molecule has 1 aliphatic rings. The molecule has 146 valence electrons. The standard InChI is InChI=1S/C21H22ClN3O3/c1-14(26)25-12-2-3-16-13-18(8-9-19(16)25)24-21(28)20(27)23-11-10-15-4-6-17(22)7-5-15/h4-9,13H,2-3,10-12H2,1H3,(H,23,27)(H,24,28). The maximum Gasteiger partial charge on any atom is 0.313 e. The van der Waals surface area contributed by atoms with E-state index in [4.69, 9.17) is 11.6 Å². The van der Waals surface area contributed by atoms with E-state index in [0.29, 0.717) is 30.2 Å². The number of hydrogen-bond donors (Lipinski definition) is 2. The lowest BCUT2D eigenvalue weighted by Crippen LogP contribution is -2.36. The SMILES string of the molecule is CC(=O)N1CCCc2cc(NC(=O)C(=O)NCCc3ccc(Cl)cc3)ccc21. The van der Waals surface area contributed by atoms with Gasteiger partial charge in [0.25, 0.3) is 0 Å². The van der Waals surface area contributed by atoms with E-state index in [-0.39, 0.29) is 5.91 Å². The first-order valence-corrected chi connectivity index (χ1v) is 9.56. The zero-order valence-corrected chi connectivity index (χ0v) is 16.4.